The SMILES string of the molecule is Cc1cc2nc(C(=N)C=C(N)c3cccs3)[nH]c2cc1C. The maximum atomic E-state index is 8.16. The Morgan fingerprint density at radius 1 is 1.33 bits per heavy atom. The van der Waals surface area contributed by atoms with Crippen molar-refractivity contribution < 1.29 is 0 Å². The van der Waals surface area contributed by atoms with Crippen LogP contribution in [0, 0.1) is 19.3 Å². The van der Waals surface area contributed by atoms with Gasteiger partial charge in [-0.25, -0.2) is 4.98 Å². The Balaban J connectivity index is 1.97. The lowest BCUT2D eigenvalue weighted by atomic mass is 10.1. The average Bonchev–Trinajstić information content (AvgIpc) is 3.08. The number of aromatic amines is 1. The minimum atomic E-state index is 0.285. The molecule has 0 radical (unpaired) electrons. The van der Waals surface area contributed by atoms with Gasteiger partial charge < -0.3 is 10.7 Å². The van der Waals surface area contributed by atoms with Gasteiger partial charge in [0.2, 0.25) is 0 Å². The number of hydrogen-bond donors (Lipinski definition) is 3. The van der Waals surface area contributed by atoms with Crippen molar-refractivity contribution in [3.05, 3.63) is 57.6 Å². The van der Waals surface area contributed by atoms with Crippen LogP contribution in [-0.2, 0) is 0 Å². The van der Waals surface area contributed by atoms with Crippen LogP contribution in [0.2, 0.25) is 0 Å². The van der Waals surface area contributed by atoms with E-state index in [0.29, 0.717) is 11.5 Å². The number of imidazole rings is 1. The number of aromatic nitrogens is 2. The highest BCUT2D eigenvalue weighted by atomic mass is 32.1. The van der Waals surface area contributed by atoms with E-state index < -0.39 is 0 Å². The molecule has 0 fully saturated rings. The highest BCUT2D eigenvalue weighted by Gasteiger charge is 2.09. The number of H-pyrrole nitrogens is 1. The zero-order valence-electron chi connectivity index (χ0n) is 11.9. The summed E-state index contributed by atoms with van der Waals surface area (Å²) in [5.74, 6) is 0.537. The van der Waals surface area contributed by atoms with E-state index in [-0.39, 0.29) is 5.71 Å². The Bertz CT molecular complexity index is 802. The summed E-state index contributed by atoms with van der Waals surface area (Å²) in [6.07, 6.45) is 1.64. The molecule has 0 bridgehead atoms. The average molecular weight is 296 g/mol. The second-order valence-corrected chi connectivity index (χ2v) is 5.98. The smallest absolute Gasteiger partial charge is 0.156 e. The van der Waals surface area contributed by atoms with Gasteiger partial charge in [-0.2, -0.15) is 0 Å². The van der Waals surface area contributed by atoms with Crippen LogP contribution < -0.4 is 5.73 Å². The minimum absolute atomic E-state index is 0.285. The summed E-state index contributed by atoms with van der Waals surface area (Å²) in [6.45, 7) is 4.12. The predicted molar refractivity (Wildman–Crippen MR) is 88.9 cm³/mol. The molecular formula is C16H16N4S. The van der Waals surface area contributed by atoms with Gasteiger partial charge in [-0.1, -0.05) is 6.07 Å². The van der Waals surface area contributed by atoms with E-state index in [1.54, 1.807) is 17.4 Å². The summed E-state index contributed by atoms with van der Waals surface area (Å²) < 4.78 is 0. The number of nitrogens with zero attached hydrogens (tertiary/aromatic N) is 1. The largest absolute Gasteiger partial charge is 0.398 e. The molecule has 3 rings (SSSR count). The molecule has 0 saturated heterocycles. The fourth-order valence-electron chi connectivity index (χ4n) is 2.13. The van der Waals surface area contributed by atoms with Gasteiger partial charge in [0.25, 0.3) is 0 Å². The van der Waals surface area contributed by atoms with Gasteiger partial charge in [-0.15, -0.1) is 11.3 Å². The molecule has 106 valence electrons. The summed E-state index contributed by atoms with van der Waals surface area (Å²) in [6, 6.07) is 7.97. The molecule has 3 aromatic rings. The van der Waals surface area contributed by atoms with Crippen molar-refractivity contribution in [2.24, 2.45) is 5.73 Å². The Hall–Kier alpha value is -2.40. The number of hydrogen-bond acceptors (Lipinski definition) is 4. The fraction of sp³-hybridized carbons (Fsp3) is 0.125. The molecule has 1 aromatic carbocycles. The lowest BCUT2D eigenvalue weighted by Gasteiger charge is -1.97. The lowest BCUT2D eigenvalue weighted by molar-refractivity contribution is 1.27. The van der Waals surface area contributed by atoms with Crippen LogP contribution in [0.3, 0.4) is 0 Å². The number of thiophene rings is 1. The quantitative estimate of drug-likeness (QED) is 0.646. The highest BCUT2D eigenvalue weighted by Crippen LogP contribution is 2.19. The van der Waals surface area contributed by atoms with Crippen LogP contribution in [0.25, 0.3) is 16.7 Å². The first-order valence-corrected chi connectivity index (χ1v) is 7.49. The van der Waals surface area contributed by atoms with E-state index in [1.807, 2.05) is 23.6 Å². The second-order valence-electron chi connectivity index (χ2n) is 5.03. The van der Waals surface area contributed by atoms with Gasteiger partial charge in [0, 0.05) is 0 Å². The summed E-state index contributed by atoms with van der Waals surface area (Å²) in [5.41, 5.74) is 11.1. The number of nitrogens with one attached hydrogen (secondary N) is 2. The molecule has 0 unspecified atom stereocenters. The van der Waals surface area contributed by atoms with Crippen LogP contribution in [0.15, 0.2) is 35.7 Å². The van der Waals surface area contributed by atoms with Gasteiger partial charge in [0.1, 0.15) is 0 Å². The van der Waals surface area contributed by atoms with Crippen LogP contribution in [0.4, 0.5) is 0 Å². The van der Waals surface area contributed by atoms with E-state index in [1.165, 1.54) is 11.1 Å². The topological polar surface area (TPSA) is 78.6 Å². The van der Waals surface area contributed by atoms with Gasteiger partial charge in [0.15, 0.2) is 5.82 Å². The van der Waals surface area contributed by atoms with Crippen molar-refractivity contribution in [2.75, 3.05) is 0 Å². The molecular weight excluding hydrogens is 280 g/mol. The van der Waals surface area contributed by atoms with Crippen molar-refractivity contribution in [1.29, 1.82) is 5.41 Å². The Morgan fingerprint density at radius 2 is 2.10 bits per heavy atom. The van der Waals surface area contributed by atoms with E-state index in [2.05, 4.69) is 29.9 Å². The number of fused-ring (bicyclic) bond motifs is 1. The normalized spacial score (nSPS) is 12.0. The summed E-state index contributed by atoms with van der Waals surface area (Å²) in [5, 5.41) is 10.1. The first kappa shape index (κ1) is 13.6. The molecule has 0 atom stereocenters. The second kappa shape index (κ2) is 5.18. The molecule has 2 heterocycles. The Morgan fingerprint density at radius 3 is 2.81 bits per heavy atom. The third kappa shape index (κ3) is 2.60. The van der Waals surface area contributed by atoms with Crippen molar-refractivity contribution in [3.63, 3.8) is 0 Å². The van der Waals surface area contributed by atoms with E-state index >= 15 is 0 Å². The fourth-order valence-corrected chi connectivity index (χ4v) is 2.79. The number of aryl methyl sites for hydroxylation is 2. The molecule has 4 N–H and O–H groups in total. The van der Waals surface area contributed by atoms with Crippen LogP contribution in [0.5, 0.6) is 0 Å². The number of nitrogens with two attached hydrogens (primary N) is 1. The number of benzene rings is 1. The molecule has 0 saturated carbocycles. The van der Waals surface area contributed by atoms with E-state index in [0.717, 1.165) is 15.9 Å². The molecule has 0 amide bonds. The molecule has 2 aromatic heterocycles. The zero-order chi connectivity index (χ0) is 15.0. The molecule has 0 aliphatic rings. The summed E-state index contributed by atoms with van der Waals surface area (Å²) in [4.78, 5) is 8.61. The molecule has 0 aliphatic carbocycles. The third-order valence-corrected chi connectivity index (χ3v) is 4.38. The predicted octanol–water partition coefficient (Wildman–Crippen LogP) is 3.61. The molecule has 5 heteroatoms. The summed E-state index contributed by atoms with van der Waals surface area (Å²) >= 11 is 1.56. The first-order chi connectivity index (χ1) is 10.0. The maximum absolute atomic E-state index is 8.16. The van der Waals surface area contributed by atoms with E-state index in [4.69, 9.17) is 11.1 Å². The Kier molecular flexibility index (Phi) is 3.35. The van der Waals surface area contributed by atoms with Crippen molar-refractivity contribution >= 4 is 33.8 Å². The van der Waals surface area contributed by atoms with E-state index in [9.17, 15) is 0 Å². The van der Waals surface area contributed by atoms with Crippen LogP contribution in [0.1, 0.15) is 21.8 Å². The Labute approximate surface area is 126 Å². The lowest BCUT2D eigenvalue weighted by Crippen LogP contribution is -2.02. The molecule has 0 spiro atoms. The number of allylic oxidation sites excluding steroid dienone is 1. The maximum Gasteiger partial charge on any atom is 0.156 e. The van der Waals surface area contributed by atoms with Crippen molar-refractivity contribution in [1.82, 2.24) is 9.97 Å². The third-order valence-electron chi connectivity index (χ3n) is 3.46. The van der Waals surface area contributed by atoms with Crippen molar-refractivity contribution in [3.8, 4) is 0 Å². The van der Waals surface area contributed by atoms with Gasteiger partial charge in [-0.05, 0) is 54.6 Å². The molecule has 21 heavy (non-hydrogen) atoms. The summed E-state index contributed by atoms with van der Waals surface area (Å²) in [7, 11) is 0. The zero-order valence-corrected chi connectivity index (χ0v) is 12.7. The standard InChI is InChI=1S/C16H16N4S/c1-9-6-13-14(7-10(9)2)20-16(19-13)12(18)8-11(17)15-4-3-5-21-15/h3-8,18H,17H2,1-2H3,(H,19,20). The van der Waals surface area contributed by atoms with Crippen LogP contribution in [-0.4, -0.2) is 15.7 Å². The van der Waals surface area contributed by atoms with Crippen molar-refractivity contribution in [2.45, 2.75) is 13.8 Å². The van der Waals surface area contributed by atoms with Crippen LogP contribution >= 0.6 is 11.3 Å². The molecule has 0 aliphatic heterocycles. The monoisotopic (exact) mass is 296 g/mol. The van der Waals surface area contributed by atoms with Gasteiger partial charge in [0.05, 0.1) is 27.3 Å². The number of rotatable bonds is 3. The van der Waals surface area contributed by atoms with Gasteiger partial charge >= 0.3 is 0 Å². The minimum Gasteiger partial charge on any atom is -0.398 e. The molecule has 4 nitrogen and oxygen atoms in total. The highest BCUT2D eigenvalue weighted by molar-refractivity contribution is 7.11. The first-order valence-electron chi connectivity index (χ1n) is 6.61. The van der Waals surface area contributed by atoms with Gasteiger partial charge in [-0.3, -0.25) is 5.41 Å².